The molecule has 2 aromatic heterocycles. The maximum absolute atomic E-state index is 12.0. The average Bonchev–Trinajstić information content (AvgIpc) is 3.05. The van der Waals surface area contributed by atoms with Gasteiger partial charge >= 0.3 is 0 Å². The van der Waals surface area contributed by atoms with Crippen LogP contribution in [0.4, 0.5) is 0 Å². The van der Waals surface area contributed by atoms with Crippen LogP contribution in [0, 0.1) is 11.8 Å². The highest BCUT2D eigenvalue weighted by Crippen LogP contribution is 2.15. The fourth-order valence-electron chi connectivity index (χ4n) is 1.58. The zero-order valence-electron chi connectivity index (χ0n) is 11.0. The molecule has 2 heterocycles. The maximum Gasteiger partial charge on any atom is 0.262 e. The van der Waals surface area contributed by atoms with Gasteiger partial charge in [-0.25, -0.2) is 4.98 Å². The molecule has 20 heavy (non-hydrogen) atoms. The van der Waals surface area contributed by atoms with Gasteiger partial charge in [0.05, 0.1) is 0 Å². The number of nitrogens with zero attached hydrogens (tertiary/aromatic N) is 3. The predicted molar refractivity (Wildman–Crippen MR) is 75.3 cm³/mol. The van der Waals surface area contributed by atoms with E-state index >= 15 is 0 Å². The SMILES string of the molecule is Cn1cnc(CCNC(=O)c2sccc2C#CCO)n1. The molecule has 7 heteroatoms. The number of carbonyl (C=O) groups excluding carboxylic acids is 1. The normalized spacial score (nSPS) is 9.90. The van der Waals surface area contributed by atoms with Crippen molar-refractivity contribution < 1.29 is 9.90 Å². The minimum absolute atomic E-state index is 0.168. The summed E-state index contributed by atoms with van der Waals surface area (Å²) in [4.78, 5) is 16.7. The van der Waals surface area contributed by atoms with Crippen LogP contribution in [0.1, 0.15) is 21.1 Å². The molecule has 0 aliphatic carbocycles. The van der Waals surface area contributed by atoms with Crippen molar-refractivity contribution in [3.8, 4) is 11.8 Å². The number of aryl methyl sites for hydroxylation is 1. The highest BCUT2D eigenvalue weighted by Gasteiger charge is 2.11. The second kappa shape index (κ2) is 6.84. The second-order valence-electron chi connectivity index (χ2n) is 3.96. The summed E-state index contributed by atoms with van der Waals surface area (Å²) in [6, 6.07) is 1.77. The molecule has 0 atom stereocenters. The minimum Gasteiger partial charge on any atom is -0.384 e. The summed E-state index contributed by atoms with van der Waals surface area (Å²) >= 11 is 1.33. The van der Waals surface area contributed by atoms with Crippen molar-refractivity contribution in [3.63, 3.8) is 0 Å². The number of hydrogen-bond donors (Lipinski definition) is 2. The van der Waals surface area contributed by atoms with Crippen LogP contribution in [0.3, 0.4) is 0 Å². The number of aliphatic hydroxyl groups is 1. The highest BCUT2D eigenvalue weighted by molar-refractivity contribution is 7.12. The molecule has 104 valence electrons. The molecule has 0 saturated heterocycles. The van der Waals surface area contributed by atoms with Gasteiger partial charge in [0.2, 0.25) is 0 Å². The number of aliphatic hydroxyl groups excluding tert-OH is 1. The van der Waals surface area contributed by atoms with Crippen molar-refractivity contribution >= 4 is 17.2 Å². The van der Waals surface area contributed by atoms with E-state index in [1.54, 1.807) is 29.5 Å². The predicted octanol–water partition coefficient (Wildman–Crippen LogP) is 0.193. The van der Waals surface area contributed by atoms with Gasteiger partial charge in [-0.15, -0.1) is 11.3 Å². The van der Waals surface area contributed by atoms with Gasteiger partial charge < -0.3 is 10.4 Å². The fourth-order valence-corrected chi connectivity index (χ4v) is 2.35. The van der Waals surface area contributed by atoms with E-state index in [1.807, 2.05) is 0 Å². The number of rotatable bonds is 4. The van der Waals surface area contributed by atoms with Gasteiger partial charge in [0.15, 0.2) is 5.82 Å². The van der Waals surface area contributed by atoms with E-state index in [1.165, 1.54) is 11.3 Å². The van der Waals surface area contributed by atoms with E-state index in [0.29, 0.717) is 29.2 Å². The molecule has 2 N–H and O–H groups in total. The molecule has 0 radical (unpaired) electrons. The molecular formula is C13H14N4O2S. The lowest BCUT2D eigenvalue weighted by molar-refractivity contribution is 0.0958. The summed E-state index contributed by atoms with van der Waals surface area (Å²) < 4.78 is 1.62. The third-order valence-electron chi connectivity index (χ3n) is 2.45. The van der Waals surface area contributed by atoms with Gasteiger partial charge in [-0.1, -0.05) is 11.8 Å². The summed E-state index contributed by atoms with van der Waals surface area (Å²) in [7, 11) is 1.80. The Labute approximate surface area is 120 Å². The lowest BCUT2D eigenvalue weighted by Crippen LogP contribution is -2.25. The van der Waals surface area contributed by atoms with Crippen LogP contribution >= 0.6 is 11.3 Å². The number of carbonyl (C=O) groups is 1. The summed E-state index contributed by atoms with van der Waals surface area (Å²) in [5, 5.41) is 17.4. The Morgan fingerprint density at radius 1 is 1.60 bits per heavy atom. The first kappa shape index (κ1) is 14.2. The molecule has 0 aliphatic rings. The summed E-state index contributed by atoms with van der Waals surface area (Å²) in [6.07, 6.45) is 2.20. The summed E-state index contributed by atoms with van der Waals surface area (Å²) in [6.45, 7) is 0.246. The van der Waals surface area contributed by atoms with Gasteiger partial charge in [0.25, 0.3) is 5.91 Å². The van der Waals surface area contributed by atoms with Crippen molar-refractivity contribution in [2.24, 2.45) is 7.05 Å². The van der Waals surface area contributed by atoms with E-state index in [4.69, 9.17) is 5.11 Å². The Morgan fingerprint density at radius 3 is 3.15 bits per heavy atom. The Balaban J connectivity index is 1.90. The number of thiophene rings is 1. The molecule has 0 spiro atoms. The van der Waals surface area contributed by atoms with E-state index in [-0.39, 0.29) is 12.5 Å². The first-order valence-electron chi connectivity index (χ1n) is 6.00. The number of aromatic nitrogens is 3. The van der Waals surface area contributed by atoms with Gasteiger partial charge in [-0.3, -0.25) is 9.48 Å². The lowest BCUT2D eigenvalue weighted by atomic mass is 10.2. The van der Waals surface area contributed by atoms with E-state index in [9.17, 15) is 4.79 Å². The summed E-state index contributed by atoms with van der Waals surface area (Å²) in [5.41, 5.74) is 0.637. The number of amides is 1. The van der Waals surface area contributed by atoms with E-state index in [2.05, 4.69) is 27.2 Å². The van der Waals surface area contributed by atoms with Crippen LogP contribution in [0.5, 0.6) is 0 Å². The molecule has 1 amide bonds. The van der Waals surface area contributed by atoms with Crippen molar-refractivity contribution in [3.05, 3.63) is 34.0 Å². The van der Waals surface area contributed by atoms with Crippen LogP contribution < -0.4 is 5.32 Å². The third-order valence-corrected chi connectivity index (χ3v) is 3.37. The molecule has 2 aromatic rings. The van der Waals surface area contributed by atoms with Crippen LogP contribution in [0.15, 0.2) is 17.8 Å². The third kappa shape index (κ3) is 3.66. The van der Waals surface area contributed by atoms with E-state index in [0.717, 1.165) is 0 Å². The fraction of sp³-hybridized carbons (Fsp3) is 0.308. The molecule has 0 bridgehead atoms. The van der Waals surface area contributed by atoms with Crippen LogP contribution in [-0.4, -0.2) is 38.9 Å². The maximum atomic E-state index is 12.0. The summed E-state index contributed by atoms with van der Waals surface area (Å²) in [5.74, 6) is 5.82. The smallest absolute Gasteiger partial charge is 0.262 e. The molecule has 2 rings (SSSR count). The zero-order valence-corrected chi connectivity index (χ0v) is 11.8. The molecule has 0 fully saturated rings. The molecule has 0 saturated carbocycles. The van der Waals surface area contributed by atoms with Crippen LogP contribution in [0.25, 0.3) is 0 Å². The highest BCUT2D eigenvalue weighted by atomic mass is 32.1. The molecule has 0 unspecified atom stereocenters. The first-order chi connectivity index (χ1) is 9.70. The van der Waals surface area contributed by atoms with Gasteiger partial charge in [0, 0.05) is 25.6 Å². The Bertz CT molecular complexity index is 651. The minimum atomic E-state index is -0.220. The monoisotopic (exact) mass is 290 g/mol. The van der Waals surface area contributed by atoms with Crippen LogP contribution in [-0.2, 0) is 13.5 Å². The van der Waals surface area contributed by atoms with Crippen molar-refractivity contribution in [1.82, 2.24) is 20.1 Å². The first-order valence-corrected chi connectivity index (χ1v) is 6.88. The lowest BCUT2D eigenvalue weighted by Gasteiger charge is -2.02. The van der Waals surface area contributed by atoms with Crippen molar-refractivity contribution in [1.29, 1.82) is 0 Å². The molecule has 0 aromatic carbocycles. The Morgan fingerprint density at radius 2 is 2.45 bits per heavy atom. The Hall–Kier alpha value is -2.17. The molecular weight excluding hydrogens is 276 g/mol. The topological polar surface area (TPSA) is 80.0 Å². The average molecular weight is 290 g/mol. The van der Waals surface area contributed by atoms with Crippen LogP contribution in [0.2, 0.25) is 0 Å². The van der Waals surface area contributed by atoms with E-state index < -0.39 is 0 Å². The van der Waals surface area contributed by atoms with Gasteiger partial charge in [-0.2, -0.15) is 5.10 Å². The van der Waals surface area contributed by atoms with Gasteiger partial charge in [0.1, 0.15) is 17.8 Å². The Kier molecular flexibility index (Phi) is 4.87. The molecule has 6 nitrogen and oxygen atoms in total. The number of nitrogens with one attached hydrogen (secondary N) is 1. The second-order valence-corrected chi connectivity index (χ2v) is 4.88. The van der Waals surface area contributed by atoms with Gasteiger partial charge in [-0.05, 0) is 11.4 Å². The van der Waals surface area contributed by atoms with Crippen molar-refractivity contribution in [2.45, 2.75) is 6.42 Å². The standard InChI is InChI=1S/C13H14N4O2S/c1-17-9-15-11(16-17)4-6-14-13(19)12-10(3-2-7-18)5-8-20-12/h5,8-9,18H,4,6-7H2,1H3,(H,14,19). The largest absolute Gasteiger partial charge is 0.384 e. The zero-order chi connectivity index (χ0) is 14.4. The quantitative estimate of drug-likeness (QED) is 0.788. The molecule has 0 aliphatic heterocycles. The number of hydrogen-bond acceptors (Lipinski definition) is 5. The van der Waals surface area contributed by atoms with Crippen molar-refractivity contribution in [2.75, 3.05) is 13.2 Å².